The van der Waals surface area contributed by atoms with Crippen LogP contribution in [0.1, 0.15) is 23.2 Å². The summed E-state index contributed by atoms with van der Waals surface area (Å²) in [5.41, 5.74) is 9.42. The molecule has 0 radical (unpaired) electrons. The minimum atomic E-state index is -0.392. The zero-order chi connectivity index (χ0) is 22.2. The first-order valence-corrected chi connectivity index (χ1v) is 10.9. The fourth-order valence-corrected chi connectivity index (χ4v) is 5.01. The van der Waals surface area contributed by atoms with Crippen molar-refractivity contribution in [3.05, 3.63) is 88.9 Å². The van der Waals surface area contributed by atoms with E-state index >= 15 is 0 Å². The van der Waals surface area contributed by atoms with Crippen LogP contribution in [0.2, 0.25) is 5.02 Å². The molecule has 6 nitrogen and oxygen atoms in total. The molecule has 2 aliphatic heterocycles. The van der Waals surface area contributed by atoms with Gasteiger partial charge in [0.25, 0.3) is 0 Å². The lowest BCUT2D eigenvalue weighted by Crippen LogP contribution is -2.41. The monoisotopic (exact) mass is 449 g/mol. The molecule has 2 aliphatic rings. The third kappa shape index (κ3) is 3.41. The Hall–Kier alpha value is -3.06. The van der Waals surface area contributed by atoms with Crippen LogP contribution < -0.4 is 25.2 Å². The number of methoxy groups -OCH3 is 2. The third-order valence-electron chi connectivity index (χ3n) is 6.33. The van der Waals surface area contributed by atoms with Crippen molar-refractivity contribution in [1.29, 1.82) is 0 Å². The van der Waals surface area contributed by atoms with Gasteiger partial charge in [0.15, 0.2) is 0 Å². The van der Waals surface area contributed by atoms with Crippen molar-refractivity contribution in [2.45, 2.75) is 18.1 Å². The van der Waals surface area contributed by atoms with Gasteiger partial charge in [-0.1, -0.05) is 41.9 Å². The highest BCUT2D eigenvalue weighted by Gasteiger charge is 2.56. The Labute approximate surface area is 192 Å². The van der Waals surface area contributed by atoms with Crippen LogP contribution in [-0.4, -0.2) is 26.2 Å². The number of rotatable bonds is 5. The molecule has 0 bridgehead atoms. The largest absolute Gasteiger partial charge is 0.497 e. The van der Waals surface area contributed by atoms with E-state index in [-0.39, 0.29) is 23.9 Å². The molecule has 7 heteroatoms. The number of benzene rings is 3. The lowest BCUT2D eigenvalue weighted by atomic mass is 9.83. The molecular formula is C25H24ClN3O3. The number of carbonyl (C=O) groups is 1. The van der Waals surface area contributed by atoms with Gasteiger partial charge < -0.3 is 14.4 Å². The number of fused-ring (bicyclic) bond motifs is 1. The molecule has 2 fully saturated rings. The Morgan fingerprint density at radius 3 is 2.28 bits per heavy atom. The maximum absolute atomic E-state index is 13.7. The molecule has 0 aromatic heterocycles. The second-order valence-electron chi connectivity index (χ2n) is 7.97. The van der Waals surface area contributed by atoms with E-state index in [1.165, 1.54) is 0 Å². The van der Waals surface area contributed by atoms with Crippen LogP contribution in [-0.2, 0) is 4.79 Å². The van der Waals surface area contributed by atoms with Crippen LogP contribution in [0.25, 0.3) is 0 Å². The molecule has 2 saturated heterocycles. The topological polar surface area (TPSA) is 62.8 Å². The summed E-state index contributed by atoms with van der Waals surface area (Å²) in [6.07, 6.45) is 0. The number of ether oxygens (including phenoxy) is 2. The van der Waals surface area contributed by atoms with Crippen LogP contribution in [0, 0.1) is 5.92 Å². The van der Waals surface area contributed by atoms with Crippen LogP contribution in [0.15, 0.2) is 72.8 Å². The molecular weight excluding hydrogens is 426 g/mol. The molecule has 2 heterocycles. The zero-order valence-electron chi connectivity index (χ0n) is 17.8. The van der Waals surface area contributed by atoms with E-state index in [4.69, 9.17) is 21.1 Å². The summed E-state index contributed by atoms with van der Waals surface area (Å²) < 4.78 is 11.2. The molecule has 0 saturated carbocycles. The summed E-state index contributed by atoms with van der Waals surface area (Å²) in [7, 11) is 3.28. The van der Waals surface area contributed by atoms with Crippen molar-refractivity contribution >= 4 is 23.2 Å². The number of amides is 1. The number of nitrogens with zero attached hydrogens (tertiary/aromatic N) is 1. The van der Waals surface area contributed by atoms with Crippen molar-refractivity contribution < 1.29 is 14.3 Å². The molecule has 4 atom stereocenters. The van der Waals surface area contributed by atoms with Gasteiger partial charge in [-0.05, 0) is 48.0 Å². The lowest BCUT2D eigenvalue weighted by molar-refractivity contribution is -0.119. The van der Waals surface area contributed by atoms with E-state index in [1.54, 1.807) is 26.4 Å². The van der Waals surface area contributed by atoms with Gasteiger partial charge in [0.2, 0.25) is 5.91 Å². The van der Waals surface area contributed by atoms with Crippen molar-refractivity contribution in [2.24, 2.45) is 5.92 Å². The standard InChI is InChI=1S/C25H24ClN3O3/c1-31-18-12-13-20(32-2)19(14-18)24-21-22(15-6-4-3-5-7-15)27-28-23(21)25(30)29(24)17-10-8-16(26)9-11-17/h3-14,21-24,27-28H,1-2H3. The Morgan fingerprint density at radius 1 is 0.875 bits per heavy atom. The number of hydrogen-bond acceptors (Lipinski definition) is 5. The molecule has 32 heavy (non-hydrogen) atoms. The Bertz CT molecular complexity index is 1120. The highest BCUT2D eigenvalue weighted by atomic mass is 35.5. The third-order valence-corrected chi connectivity index (χ3v) is 6.58. The van der Waals surface area contributed by atoms with Gasteiger partial charge in [-0.25, -0.2) is 10.9 Å². The first-order valence-electron chi connectivity index (χ1n) is 10.5. The highest BCUT2D eigenvalue weighted by Crippen LogP contribution is 2.51. The molecule has 3 aromatic rings. The summed E-state index contributed by atoms with van der Waals surface area (Å²) in [6, 6.07) is 22.5. The molecule has 164 valence electrons. The van der Waals surface area contributed by atoms with Crippen molar-refractivity contribution in [2.75, 3.05) is 19.1 Å². The van der Waals surface area contributed by atoms with Gasteiger partial charge in [-0.3, -0.25) is 4.79 Å². The number of halogens is 1. The van der Waals surface area contributed by atoms with Gasteiger partial charge in [0.05, 0.1) is 26.3 Å². The zero-order valence-corrected chi connectivity index (χ0v) is 18.5. The van der Waals surface area contributed by atoms with Gasteiger partial charge in [-0.15, -0.1) is 0 Å². The Kier molecular flexibility index (Phi) is 5.51. The maximum Gasteiger partial charge on any atom is 0.246 e. The second kappa shape index (κ2) is 8.47. The van der Waals surface area contributed by atoms with Gasteiger partial charge in [-0.2, -0.15) is 0 Å². The van der Waals surface area contributed by atoms with Crippen LogP contribution in [0.4, 0.5) is 5.69 Å². The predicted molar refractivity (Wildman–Crippen MR) is 124 cm³/mol. The smallest absolute Gasteiger partial charge is 0.246 e. The summed E-state index contributed by atoms with van der Waals surface area (Å²) >= 11 is 6.13. The number of hydrogen-bond donors (Lipinski definition) is 2. The average molecular weight is 450 g/mol. The lowest BCUT2D eigenvalue weighted by Gasteiger charge is -2.32. The van der Waals surface area contributed by atoms with E-state index < -0.39 is 6.04 Å². The quantitative estimate of drug-likeness (QED) is 0.608. The van der Waals surface area contributed by atoms with E-state index in [1.807, 2.05) is 53.4 Å². The summed E-state index contributed by atoms with van der Waals surface area (Å²) in [4.78, 5) is 15.6. The Morgan fingerprint density at radius 2 is 1.59 bits per heavy atom. The maximum atomic E-state index is 13.7. The SMILES string of the molecule is COc1ccc(OC)c(C2C3C(NNC3c3ccccc3)C(=O)N2c2ccc(Cl)cc2)c1. The summed E-state index contributed by atoms with van der Waals surface area (Å²) in [5.74, 6) is 1.34. The number of carbonyl (C=O) groups excluding carboxylic acids is 1. The number of hydrazine groups is 1. The minimum absolute atomic E-state index is 0.00173. The van der Waals surface area contributed by atoms with Crippen molar-refractivity contribution in [3.63, 3.8) is 0 Å². The molecule has 1 amide bonds. The van der Waals surface area contributed by atoms with Crippen LogP contribution in [0.3, 0.4) is 0 Å². The van der Waals surface area contributed by atoms with Gasteiger partial charge >= 0.3 is 0 Å². The van der Waals surface area contributed by atoms with Crippen LogP contribution >= 0.6 is 11.6 Å². The number of anilines is 1. The second-order valence-corrected chi connectivity index (χ2v) is 8.41. The fourth-order valence-electron chi connectivity index (χ4n) is 4.89. The molecule has 0 spiro atoms. The van der Waals surface area contributed by atoms with E-state index in [9.17, 15) is 4.79 Å². The molecule has 3 aromatic carbocycles. The van der Waals surface area contributed by atoms with E-state index in [0.29, 0.717) is 16.5 Å². The molecule has 0 aliphatic carbocycles. The first kappa shape index (κ1) is 20.8. The highest BCUT2D eigenvalue weighted by molar-refractivity contribution is 6.30. The van der Waals surface area contributed by atoms with Crippen molar-refractivity contribution in [1.82, 2.24) is 10.9 Å². The predicted octanol–water partition coefficient (Wildman–Crippen LogP) is 4.28. The van der Waals surface area contributed by atoms with E-state index in [2.05, 4.69) is 23.0 Å². The van der Waals surface area contributed by atoms with Gasteiger partial charge in [0, 0.05) is 22.2 Å². The molecule has 5 rings (SSSR count). The summed E-state index contributed by atoms with van der Waals surface area (Å²) in [5, 5.41) is 0.623. The molecule has 2 N–H and O–H groups in total. The minimum Gasteiger partial charge on any atom is -0.497 e. The first-order chi connectivity index (χ1) is 15.6. The number of nitrogens with one attached hydrogen (secondary N) is 2. The summed E-state index contributed by atoms with van der Waals surface area (Å²) in [6.45, 7) is 0. The Balaban J connectivity index is 1.69. The van der Waals surface area contributed by atoms with E-state index in [0.717, 1.165) is 16.8 Å². The van der Waals surface area contributed by atoms with Gasteiger partial charge in [0.1, 0.15) is 17.5 Å². The van der Waals surface area contributed by atoms with Crippen molar-refractivity contribution in [3.8, 4) is 11.5 Å². The normalized spacial score (nSPS) is 24.5. The average Bonchev–Trinajstić information content (AvgIpc) is 3.39. The van der Waals surface area contributed by atoms with Crippen LogP contribution in [0.5, 0.6) is 11.5 Å². The molecule has 4 unspecified atom stereocenters. The fraction of sp³-hybridized carbons (Fsp3) is 0.240.